The van der Waals surface area contributed by atoms with Crippen molar-refractivity contribution in [2.24, 2.45) is 5.73 Å². The maximum atomic E-state index is 5.92. The van der Waals surface area contributed by atoms with Crippen molar-refractivity contribution in [1.29, 1.82) is 0 Å². The molecule has 2 N–H and O–H groups in total. The van der Waals surface area contributed by atoms with Gasteiger partial charge in [-0.05, 0) is 25.1 Å². The average Bonchev–Trinajstić information content (AvgIpc) is 2.48. The van der Waals surface area contributed by atoms with Crippen LogP contribution in [0.15, 0.2) is 54.6 Å². The number of hydrogen-bond acceptors (Lipinski definition) is 3. The normalized spacial score (nSPS) is 11.9. The van der Waals surface area contributed by atoms with Gasteiger partial charge in [0, 0.05) is 18.0 Å². The molecule has 0 aromatic heterocycles. The van der Waals surface area contributed by atoms with Crippen LogP contribution >= 0.6 is 0 Å². The van der Waals surface area contributed by atoms with Crippen molar-refractivity contribution in [1.82, 2.24) is 0 Å². The van der Waals surface area contributed by atoms with Crippen molar-refractivity contribution in [3.05, 3.63) is 60.2 Å². The van der Waals surface area contributed by atoms with Crippen LogP contribution in [-0.4, -0.2) is 13.2 Å². The Labute approximate surface area is 120 Å². The summed E-state index contributed by atoms with van der Waals surface area (Å²) in [6.45, 7) is 3.22. The smallest absolute Gasteiger partial charge is 0.124 e. The summed E-state index contributed by atoms with van der Waals surface area (Å²) < 4.78 is 11.4. The lowest BCUT2D eigenvalue weighted by molar-refractivity contribution is 0.245. The minimum Gasteiger partial charge on any atom is -0.493 e. The molecule has 0 spiro atoms. The van der Waals surface area contributed by atoms with Gasteiger partial charge in [-0.15, -0.1) is 0 Å². The van der Waals surface area contributed by atoms with Crippen molar-refractivity contribution in [2.45, 2.75) is 19.4 Å². The molecule has 3 nitrogen and oxygen atoms in total. The largest absolute Gasteiger partial charge is 0.493 e. The number of benzene rings is 2. The van der Waals surface area contributed by atoms with E-state index in [1.807, 2.05) is 61.5 Å². The fourth-order valence-electron chi connectivity index (χ4n) is 1.94. The van der Waals surface area contributed by atoms with Gasteiger partial charge in [0.05, 0.1) is 13.2 Å². The van der Waals surface area contributed by atoms with Gasteiger partial charge in [-0.2, -0.15) is 0 Å². The van der Waals surface area contributed by atoms with Crippen LogP contribution in [0.2, 0.25) is 0 Å². The number of para-hydroxylation sites is 2. The predicted octanol–water partition coefficient (Wildman–Crippen LogP) is 3.55. The molecular weight excluding hydrogens is 250 g/mol. The van der Waals surface area contributed by atoms with Crippen LogP contribution in [0.3, 0.4) is 0 Å². The Kier molecular flexibility index (Phi) is 5.44. The van der Waals surface area contributed by atoms with Crippen LogP contribution in [0.5, 0.6) is 11.5 Å². The number of nitrogens with two attached hydrogens (primary N) is 1. The van der Waals surface area contributed by atoms with Crippen molar-refractivity contribution >= 4 is 0 Å². The predicted molar refractivity (Wildman–Crippen MR) is 81.1 cm³/mol. The number of rotatable bonds is 7. The van der Waals surface area contributed by atoms with Gasteiger partial charge in [0.1, 0.15) is 11.5 Å². The molecule has 0 saturated carbocycles. The van der Waals surface area contributed by atoms with E-state index in [0.717, 1.165) is 23.5 Å². The van der Waals surface area contributed by atoms with E-state index >= 15 is 0 Å². The lowest BCUT2D eigenvalue weighted by atomic mass is 10.1. The summed E-state index contributed by atoms with van der Waals surface area (Å²) in [5, 5.41) is 0. The van der Waals surface area contributed by atoms with Gasteiger partial charge >= 0.3 is 0 Å². The molecule has 0 fully saturated rings. The summed E-state index contributed by atoms with van der Waals surface area (Å²) >= 11 is 0. The first-order valence-electron chi connectivity index (χ1n) is 6.92. The highest BCUT2D eigenvalue weighted by molar-refractivity contribution is 5.35. The van der Waals surface area contributed by atoms with E-state index in [4.69, 9.17) is 15.2 Å². The maximum absolute atomic E-state index is 5.92. The first kappa shape index (κ1) is 14.4. The Morgan fingerprint density at radius 2 is 1.55 bits per heavy atom. The Morgan fingerprint density at radius 3 is 2.30 bits per heavy atom. The second-order valence-electron chi connectivity index (χ2n) is 4.69. The zero-order chi connectivity index (χ0) is 14.2. The summed E-state index contributed by atoms with van der Waals surface area (Å²) in [7, 11) is 0. The van der Waals surface area contributed by atoms with Crippen molar-refractivity contribution < 1.29 is 9.47 Å². The van der Waals surface area contributed by atoms with E-state index in [0.29, 0.717) is 13.2 Å². The fourth-order valence-corrected chi connectivity index (χ4v) is 1.94. The van der Waals surface area contributed by atoms with Gasteiger partial charge in [-0.25, -0.2) is 0 Å². The van der Waals surface area contributed by atoms with Crippen LogP contribution in [-0.2, 0) is 0 Å². The Hall–Kier alpha value is -2.00. The molecule has 0 heterocycles. The molecule has 2 aromatic rings. The summed E-state index contributed by atoms with van der Waals surface area (Å²) in [5.41, 5.74) is 6.95. The third-order valence-corrected chi connectivity index (χ3v) is 2.97. The van der Waals surface area contributed by atoms with E-state index in [1.165, 1.54) is 0 Å². The minimum absolute atomic E-state index is 0.0215. The summed E-state index contributed by atoms with van der Waals surface area (Å²) in [6, 6.07) is 17.7. The van der Waals surface area contributed by atoms with Gasteiger partial charge in [0.2, 0.25) is 0 Å². The van der Waals surface area contributed by atoms with Crippen molar-refractivity contribution in [3.8, 4) is 11.5 Å². The Morgan fingerprint density at radius 1 is 0.900 bits per heavy atom. The van der Waals surface area contributed by atoms with Gasteiger partial charge in [-0.1, -0.05) is 36.4 Å². The average molecular weight is 271 g/mol. The van der Waals surface area contributed by atoms with E-state index in [9.17, 15) is 0 Å². The quantitative estimate of drug-likeness (QED) is 0.783. The van der Waals surface area contributed by atoms with E-state index < -0.39 is 0 Å². The molecule has 0 amide bonds. The molecule has 0 unspecified atom stereocenters. The Balaban J connectivity index is 1.74. The SMILES string of the molecule is C[C@H](N)c1ccccc1OCCCOc1ccccc1. The van der Waals surface area contributed by atoms with Gasteiger partial charge < -0.3 is 15.2 Å². The molecule has 20 heavy (non-hydrogen) atoms. The molecule has 3 heteroatoms. The zero-order valence-corrected chi connectivity index (χ0v) is 11.8. The highest BCUT2D eigenvalue weighted by Crippen LogP contribution is 2.23. The topological polar surface area (TPSA) is 44.5 Å². The molecule has 106 valence electrons. The van der Waals surface area contributed by atoms with Crippen LogP contribution < -0.4 is 15.2 Å². The van der Waals surface area contributed by atoms with Gasteiger partial charge in [0.15, 0.2) is 0 Å². The summed E-state index contributed by atoms with van der Waals surface area (Å²) in [4.78, 5) is 0. The molecule has 2 rings (SSSR count). The molecule has 1 atom stereocenters. The molecule has 0 aliphatic rings. The summed E-state index contributed by atoms with van der Waals surface area (Å²) in [5.74, 6) is 1.76. The van der Waals surface area contributed by atoms with Crippen LogP contribution in [0.4, 0.5) is 0 Å². The van der Waals surface area contributed by atoms with Crippen LogP contribution in [0.25, 0.3) is 0 Å². The zero-order valence-electron chi connectivity index (χ0n) is 11.8. The maximum Gasteiger partial charge on any atom is 0.124 e. The number of hydrogen-bond donors (Lipinski definition) is 1. The molecule has 0 saturated heterocycles. The molecule has 0 aliphatic heterocycles. The van der Waals surface area contributed by atoms with E-state index in [2.05, 4.69) is 0 Å². The monoisotopic (exact) mass is 271 g/mol. The molecule has 0 radical (unpaired) electrons. The standard InChI is InChI=1S/C17H21NO2/c1-14(18)16-10-5-6-11-17(16)20-13-7-12-19-15-8-3-2-4-9-15/h2-6,8-11,14H,7,12-13,18H2,1H3/t14-/m0/s1. The second kappa shape index (κ2) is 7.56. The fraction of sp³-hybridized carbons (Fsp3) is 0.294. The Bertz CT molecular complexity index is 511. The molecule has 2 aromatic carbocycles. The highest BCUT2D eigenvalue weighted by atomic mass is 16.5. The molecule has 0 aliphatic carbocycles. The lowest BCUT2D eigenvalue weighted by Gasteiger charge is -2.13. The third kappa shape index (κ3) is 4.28. The van der Waals surface area contributed by atoms with Crippen molar-refractivity contribution in [3.63, 3.8) is 0 Å². The van der Waals surface area contributed by atoms with E-state index in [-0.39, 0.29) is 6.04 Å². The minimum atomic E-state index is -0.0215. The van der Waals surface area contributed by atoms with E-state index in [1.54, 1.807) is 0 Å². The van der Waals surface area contributed by atoms with Gasteiger partial charge in [-0.3, -0.25) is 0 Å². The van der Waals surface area contributed by atoms with Crippen molar-refractivity contribution in [2.75, 3.05) is 13.2 Å². The van der Waals surface area contributed by atoms with Gasteiger partial charge in [0.25, 0.3) is 0 Å². The second-order valence-corrected chi connectivity index (χ2v) is 4.69. The van der Waals surface area contributed by atoms with Crippen LogP contribution in [0, 0.1) is 0 Å². The molecular formula is C17H21NO2. The molecule has 0 bridgehead atoms. The highest BCUT2D eigenvalue weighted by Gasteiger charge is 2.06. The lowest BCUT2D eigenvalue weighted by Crippen LogP contribution is -2.10. The first-order chi connectivity index (χ1) is 9.77. The third-order valence-electron chi connectivity index (χ3n) is 2.97. The number of ether oxygens (including phenoxy) is 2. The first-order valence-corrected chi connectivity index (χ1v) is 6.92. The van der Waals surface area contributed by atoms with Crippen LogP contribution in [0.1, 0.15) is 24.9 Å². The summed E-state index contributed by atoms with van der Waals surface area (Å²) in [6.07, 6.45) is 0.835.